The van der Waals surface area contributed by atoms with Crippen LogP contribution >= 0.6 is 0 Å². The predicted octanol–water partition coefficient (Wildman–Crippen LogP) is 0.862. The van der Waals surface area contributed by atoms with Gasteiger partial charge < -0.3 is 0 Å². The van der Waals surface area contributed by atoms with Crippen molar-refractivity contribution in [1.82, 2.24) is 9.55 Å². The lowest BCUT2D eigenvalue weighted by Crippen LogP contribution is -2.23. The first-order valence-corrected chi connectivity index (χ1v) is 3.79. The Morgan fingerprint density at radius 1 is 1.77 bits per heavy atom. The largest absolute Gasteiger partial charge is 0.347 e. The highest BCUT2D eigenvalue weighted by molar-refractivity contribution is 4.95. The van der Waals surface area contributed by atoms with E-state index in [1.807, 2.05) is 0 Å². The van der Waals surface area contributed by atoms with Crippen molar-refractivity contribution >= 4 is 0 Å². The van der Waals surface area contributed by atoms with Gasteiger partial charge in [-0.2, -0.15) is 4.98 Å². The molecule has 6 nitrogen and oxygen atoms in total. The maximum Gasteiger partial charge on any atom is 0.347 e. The molecule has 0 aliphatic carbocycles. The van der Waals surface area contributed by atoms with E-state index in [4.69, 9.17) is 5.53 Å². The predicted molar refractivity (Wildman–Crippen MR) is 47.2 cm³/mol. The molecule has 0 spiro atoms. The summed E-state index contributed by atoms with van der Waals surface area (Å²) in [6.45, 7) is 2.39. The van der Waals surface area contributed by atoms with Crippen molar-refractivity contribution in [2.75, 3.05) is 6.54 Å². The maximum atomic E-state index is 11.2. The molecule has 0 amide bonds. The van der Waals surface area contributed by atoms with Crippen LogP contribution in [0.5, 0.6) is 0 Å². The zero-order valence-corrected chi connectivity index (χ0v) is 7.21. The molecule has 1 heterocycles. The van der Waals surface area contributed by atoms with Crippen LogP contribution in [0, 0.1) is 6.92 Å². The van der Waals surface area contributed by atoms with Gasteiger partial charge in [-0.05, 0) is 18.5 Å². The van der Waals surface area contributed by atoms with Gasteiger partial charge in [0, 0.05) is 29.9 Å². The Morgan fingerprint density at radius 3 is 3.15 bits per heavy atom. The van der Waals surface area contributed by atoms with Crippen molar-refractivity contribution < 1.29 is 0 Å². The summed E-state index contributed by atoms with van der Waals surface area (Å²) >= 11 is 0. The summed E-state index contributed by atoms with van der Waals surface area (Å²) in [5, 5.41) is 3.32. The van der Waals surface area contributed by atoms with E-state index in [1.165, 1.54) is 4.57 Å². The second-order valence-electron chi connectivity index (χ2n) is 2.50. The number of hydrogen-bond acceptors (Lipinski definition) is 3. The Kier molecular flexibility index (Phi) is 3.05. The van der Waals surface area contributed by atoms with Crippen molar-refractivity contribution in [3.63, 3.8) is 0 Å². The van der Waals surface area contributed by atoms with Crippen molar-refractivity contribution in [3.8, 4) is 0 Å². The van der Waals surface area contributed by atoms with Crippen LogP contribution in [0.3, 0.4) is 0 Å². The van der Waals surface area contributed by atoms with E-state index in [9.17, 15) is 4.79 Å². The fourth-order valence-electron chi connectivity index (χ4n) is 0.881. The van der Waals surface area contributed by atoms with Gasteiger partial charge in [0.2, 0.25) is 0 Å². The minimum Gasteiger partial charge on any atom is -0.299 e. The van der Waals surface area contributed by atoms with Crippen LogP contribution in [0.1, 0.15) is 5.69 Å². The van der Waals surface area contributed by atoms with Gasteiger partial charge in [-0.25, -0.2) is 4.79 Å². The molecule has 0 aliphatic heterocycles. The maximum absolute atomic E-state index is 11.2. The third kappa shape index (κ3) is 2.61. The van der Waals surface area contributed by atoms with Crippen LogP contribution in [0.25, 0.3) is 10.4 Å². The van der Waals surface area contributed by atoms with Gasteiger partial charge in [-0.15, -0.1) is 0 Å². The molecule has 68 valence electrons. The number of rotatable bonds is 3. The quantitative estimate of drug-likeness (QED) is 0.391. The molecule has 0 aliphatic rings. The number of azide groups is 1. The minimum absolute atomic E-state index is 0.265. The van der Waals surface area contributed by atoms with Gasteiger partial charge in [0.1, 0.15) is 0 Å². The SMILES string of the molecule is Cc1ccn(CCN=[N+]=[N-])c(=O)n1. The third-order valence-corrected chi connectivity index (χ3v) is 1.52. The van der Waals surface area contributed by atoms with Gasteiger partial charge >= 0.3 is 5.69 Å². The van der Waals surface area contributed by atoms with E-state index in [1.54, 1.807) is 19.2 Å². The highest BCUT2D eigenvalue weighted by atomic mass is 16.1. The molecule has 0 aromatic carbocycles. The molecule has 13 heavy (non-hydrogen) atoms. The van der Waals surface area contributed by atoms with Crippen molar-refractivity contribution in [2.45, 2.75) is 13.5 Å². The lowest BCUT2D eigenvalue weighted by atomic mass is 10.4. The van der Waals surface area contributed by atoms with Crippen LogP contribution < -0.4 is 5.69 Å². The number of aromatic nitrogens is 2. The summed E-state index contributed by atoms with van der Waals surface area (Å²) in [7, 11) is 0. The molecule has 6 heteroatoms. The normalized spacial score (nSPS) is 9.31. The molecule has 0 atom stereocenters. The summed E-state index contributed by atoms with van der Waals surface area (Å²) < 4.78 is 1.40. The monoisotopic (exact) mass is 179 g/mol. The molecule has 0 N–H and O–H groups in total. The molecule has 0 saturated carbocycles. The molecule has 0 saturated heterocycles. The third-order valence-electron chi connectivity index (χ3n) is 1.52. The Morgan fingerprint density at radius 2 is 2.54 bits per heavy atom. The molecule has 0 unspecified atom stereocenters. The molecular formula is C7H9N5O. The smallest absolute Gasteiger partial charge is 0.299 e. The summed E-state index contributed by atoms with van der Waals surface area (Å²) in [6.07, 6.45) is 1.64. The van der Waals surface area contributed by atoms with Crippen LogP contribution in [0.2, 0.25) is 0 Å². The van der Waals surface area contributed by atoms with Gasteiger partial charge in [0.25, 0.3) is 0 Å². The van der Waals surface area contributed by atoms with Crippen LogP contribution in [0.15, 0.2) is 22.2 Å². The number of aryl methyl sites for hydroxylation is 1. The summed E-state index contributed by atoms with van der Waals surface area (Å²) in [5.41, 5.74) is 8.39. The average Bonchev–Trinajstić information content (AvgIpc) is 2.09. The lowest BCUT2D eigenvalue weighted by Gasteiger charge is -2.00. The number of nitrogens with zero attached hydrogens (tertiary/aromatic N) is 5. The fraction of sp³-hybridized carbons (Fsp3) is 0.429. The van der Waals surface area contributed by atoms with Gasteiger partial charge in [0.05, 0.1) is 0 Å². The molecule has 0 radical (unpaired) electrons. The highest BCUT2D eigenvalue weighted by Crippen LogP contribution is 1.86. The Labute approximate surface area is 74.5 Å². The lowest BCUT2D eigenvalue weighted by molar-refractivity contribution is 0.654. The van der Waals surface area contributed by atoms with Crippen LogP contribution in [-0.4, -0.2) is 16.1 Å². The highest BCUT2D eigenvalue weighted by Gasteiger charge is 1.94. The van der Waals surface area contributed by atoms with E-state index in [0.717, 1.165) is 0 Å². The summed E-state index contributed by atoms with van der Waals surface area (Å²) in [5.74, 6) is 0. The van der Waals surface area contributed by atoms with Crippen molar-refractivity contribution in [3.05, 3.63) is 38.9 Å². The van der Waals surface area contributed by atoms with Crippen molar-refractivity contribution in [2.24, 2.45) is 5.11 Å². The zero-order valence-electron chi connectivity index (χ0n) is 7.21. The van der Waals surface area contributed by atoms with Gasteiger partial charge in [0.15, 0.2) is 0 Å². The molecule has 0 bridgehead atoms. The second-order valence-corrected chi connectivity index (χ2v) is 2.50. The first-order valence-electron chi connectivity index (χ1n) is 3.79. The Bertz CT molecular complexity index is 390. The van der Waals surface area contributed by atoms with Gasteiger partial charge in [-0.1, -0.05) is 5.11 Å². The molecule has 1 aromatic heterocycles. The van der Waals surface area contributed by atoms with E-state index >= 15 is 0 Å². The minimum atomic E-state index is -0.312. The fourth-order valence-corrected chi connectivity index (χ4v) is 0.881. The molecule has 1 rings (SSSR count). The van der Waals surface area contributed by atoms with Gasteiger partial charge in [-0.3, -0.25) is 4.57 Å². The Hall–Kier alpha value is -1.81. The summed E-state index contributed by atoms with van der Waals surface area (Å²) in [6, 6.07) is 1.73. The van der Waals surface area contributed by atoms with E-state index in [-0.39, 0.29) is 12.2 Å². The number of hydrogen-bond donors (Lipinski definition) is 0. The van der Waals surface area contributed by atoms with Crippen LogP contribution in [-0.2, 0) is 6.54 Å². The average molecular weight is 179 g/mol. The van der Waals surface area contributed by atoms with E-state index < -0.39 is 0 Å². The molecule has 1 aromatic rings. The molecular weight excluding hydrogens is 170 g/mol. The van der Waals surface area contributed by atoms with E-state index in [2.05, 4.69) is 15.0 Å². The standard InChI is InChI=1S/C7H9N5O/c1-6-2-4-12(7(13)10-6)5-3-9-11-8/h2,4H,3,5H2,1H3. The second kappa shape index (κ2) is 4.27. The van der Waals surface area contributed by atoms with E-state index in [0.29, 0.717) is 12.2 Å². The summed E-state index contributed by atoms with van der Waals surface area (Å²) in [4.78, 5) is 17.5. The van der Waals surface area contributed by atoms with Crippen molar-refractivity contribution in [1.29, 1.82) is 0 Å². The topological polar surface area (TPSA) is 83.6 Å². The molecule has 0 fully saturated rings. The Balaban J connectivity index is 2.78. The first kappa shape index (κ1) is 9.28. The van der Waals surface area contributed by atoms with Crippen LogP contribution in [0.4, 0.5) is 0 Å². The first-order chi connectivity index (χ1) is 6.24. The zero-order chi connectivity index (χ0) is 9.68.